The standard InChI is InChI=1S/C16H16ClNO/c1-10-2-5-14(9-16(10)19)18-15-7-11-3-4-13(17)6-12(11)8-15/h2-6,9,15,18-19H,7-8H2,1H3. The van der Waals surface area contributed by atoms with Crippen molar-refractivity contribution < 1.29 is 5.11 Å². The first-order chi connectivity index (χ1) is 9.11. The van der Waals surface area contributed by atoms with Gasteiger partial charge in [0.25, 0.3) is 0 Å². The predicted octanol–water partition coefficient (Wildman–Crippen LogP) is 3.93. The average Bonchev–Trinajstić information content (AvgIpc) is 2.75. The molecular formula is C16H16ClNO. The van der Waals surface area contributed by atoms with Gasteiger partial charge in [-0.1, -0.05) is 23.7 Å². The molecule has 2 nitrogen and oxygen atoms in total. The second-order valence-corrected chi connectivity index (χ2v) is 5.60. The molecule has 0 aliphatic heterocycles. The lowest BCUT2D eigenvalue weighted by atomic mass is 10.1. The third-order valence-electron chi connectivity index (χ3n) is 3.68. The van der Waals surface area contributed by atoms with Crippen LogP contribution < -0.4 is 5.32 Å². The largest absolute Gasteiger partial charge is 0.508 e. The van der Waals surface area contributed by atoms with Gasteiger partial charge in [0, 0.05) is 22.8 Å². The molecule has 0 fully saturated rings. The van der Waals surface area contributed by atoms with Crippen LogP contribution in [0.4, 0.5) is 5.69 Å². The Morgan fingerprint density at radius 2 is 1.89 bits per heavy atom. The Kier molecular flexibility index (Phi) is 3.11. The van der Waals surface area contributed by atoms with Gasteiger partial charge in [-0.2, -0.15) is 0 Å². The predicted molar refractivity (Wildman–Crippen MR) is 79.1 cm³/mol. The fourth-order valence-electron chi connectivity index (χ4n) is 2.62. The van der Waals surface area contributed by atoms with E-state index in [2.05, 4.69) is 11.4 Å². The molecule has 0 radical (unpaired) electrons. The van der Waals surface area contributed by atoms with E-state index < -0.39 is 0 Å². The van der Waals surface area contributed by atoms with Gasteiger partial charge in [0.2, 0.25) is 0 Å². The molecule has 0 spiro atoms. The van der Waals surface area contributed by atoms with Gasteiger partial charge in [-0.15, -0.1) is 0 Å². The maximum atomic E-state index is 9.73. The number of nitrogens with one attached hydrogen (secondary N) is 1. The molecule has 3 heteroatoms. The smallest absolute Gasteiger partial charge is 0.120 e. The number of hydrogen-bond acceptors (Lipinski definition) is 2. The van der Waals surface area contributed by atoms with Crippen molar-refractivity contribution in [2.45, 2.75) is 25.8 Å². The molecule has 1 atom stereocenters. The van der Waals surface area contributed by atoms with Crippen molar-refractivity contribution in [3.8, 4) is 5.75 Å². The summed E-state index contributed by atoms with van der Waals surface area (Å²) in [6, 6.07) is 12.2. The van der Waals surface area contributed by atoms with Crippen LogP contribution in [0.3, 0.4) is 0 Å². The Balaban J connectivity index is 1.75. The molecule has 0 bridgehead atoms. The van der Waals surface area contributed by atoms with Gasteiger partial charge in [0.15, 0.2) is 0 Å². The normalized spacial score (nSPS) is 17.3. The fourth-order valence-corrected chi connectivity index (χ4v) is 2.82. The number of phenolic OH excluding ortho intramolecular Hbond substituents is 1. The first kappa shape index (κ1) is 12.4. The van der Waals surface area contributed by atoms with E-state index >= 15 is 0 Å². The number of aromatic hydroxyl groups is 1. The van der Waals surface area contributed by atoms with E-state index in [4.69, 9.17) is 11.6 Å². The van der Waals surface area contributed by atoms with Crippen LogP contribution in [0.5, 0.6) is 5.75 Å². The van der Waals surface area contributed by atoms with Gasteiger partial charge in [0.1, 0.15) is 5.75 Å². The summed E-state index contributed by atoms with van der Waals surface area (Å²) in [5, 5.41) is 14.0. The number of anilines is 1. The van der Waals surface area contributed by atoms with E-state index in [1.165, 1.54) is 11.1 Å². The SMILES string of the molecule is Cc1ccc(NC2Cc3ccc(Cl)cc3C2)cc1O. The first-order valence-corrected chi connectivity index (χ1v) is 6.83. The molecular weight excluding hydrogens is 258 g/mol. The number of aryl methyl sites for hydroxylation is 1. The van der Waals surface area contributed by atoms with Crippen molar-refractivity contribution in [2.75, 3.05) is 5.32 Å². The number of hydrogen-bond donors (Lipinski definition) is 2. The minimum Gasteiger partial charge on any atom is -0.508 e. The Morgan fingerprint density at radius 1 is 1.11 bits per heavy atom. The number of fused-ring (bicyclic) bond motifs is 1. The lowest BCUT2D eigenvalue weighted by Crippen LogP contribution is -2.19. The second-order valence-electron chi connectivity index (χ2n) is 5.16. The number of phenols is 1. The maximum absolute atomic E-state index is 9.73. The molecule has 2 aromatic rings. The minimum absolute atomic E-state index is 0.337. The van der Waals surface area contributed by atoms with Gasteiger partial charge in [-0.05, 0) is 54.7 Å². The lowest BCUT2D eigenvalue weighted by molar-refractivity contribution is 0.471. The minimum atomic E-state index is 0.337. The molecule has 1 aliphatic carbocycles. The molecule has 2 N–H and O–H groups in total. The summed E-state index contributed by atoms with van der Waals surface area (Å²) < 4.78 is 0. The highest BCUT2D eigenvalue weighted by molar-refractivity contribution is 6.30. The highest BCUT2D eigenvalue weighted by atomic mass is 35.5. The molecule has 0 saturated carbocycles. The molecule has 3 rings (SSSR count). The van der Waals surface area contributed by atoms with Gasteiger partial charge >= 0.3 is 0 Å². The van der Waals surface area contributed by atoms with E-state index in [0.29, 0.717) is 11.8 Å². The molecule has 1 aliphatic rings. The first-order valence-electron chi connectivity index (χ1n) is 6.45. The van der Waals surface area contributed by atoms with Crippen molar-refractivity contribution in [3.63, 3.8) is 0 Å². The fraction of sp³-hybridized carbons (Fsp3) is 0.250. The third-order valence-corrected chi connectivity index (χ3v) is 3.92. The zero-order valence-electron chi connectivity index (χ0n) is 10.8. The number of benzene rings is 2. The monoisotopic (exact) mass is 273 g/mol. The summed E-state index contributed by atoms with van der Waals surface area (Å²) in [4.78, 5) is 0. The van der Waals surface area contributed by atoms with Crippen LogP contribution in [0, 0.1) is 6.92 Å². The average molecular weight is 274 g/mol. The Hall–Kier alpha value is -1.67. The van der Waals surface area contributed by atoms with E-state index in [9.17, 15) is 5.11 Å². The number of rotatable bonds is 2. The van der Waals surface area contributed by atoms with Crippen molar-refractivity contribution in [2.24, 2.45) is 0 Å². The van der Waals surface area contributed by atoms with Crippen LogP contribution >= 0.6 is 11.6 Å². The molecule has 0 saturated heterocycles. The summed E-state index contributed by atoms with van der Waals surface area (Å²) >= 11 is 6.02. The summed E-state index contributed by atoms with van der Waals surface area (Å²) in [5.74, 6) is 0.337. The van der Waals surface area contributed by atoms with E-state index in [-0.39, 0.29) is 0 Å². The van der Waals surface area contributed by atoms with Gasteiger partial charge in [-0.3, -0.25) is 0 Å². The van der Waals surface area contributed by atoms with Gasteiger partial charge < -0.3 is 10.4 Å². The van der Waals surface area contributed by atoms with Crippen molar-refractivity contribution in [1.82, 2.24) is 0 Å². The van der Waals surface area contributed by atoms with Crippen molar-refractivity contribution in [1.29, 1.82) is 0 Å². The van der Waals surface area contributed by atoms with Crippen LogP contribution in [0.1, 0.15) is 16.7 Å². The number of halogens is 1. The lowest BCUT2D eigenvalue weighted by Gasteiger charge is -2.14. The summed E-state index contributed by atoms with van der Waals surface area (Å²) in [5.41, 5.74) is 4.54. The van der Waals surface area contributed by atoms with E-state index in [1.54, 1.807) is 6.07 Å². The second kappa shape index (κ2) is 4.78. The molecule has 1 unspecified atom stereocenters. The maximum Gasteiger partial charge on any atom is 0.120 e. The quantitative estimate of drug-likeness (QED) is 0.869. The zero-order chi connectivity index (χ0) is 13.4. The molecule has 0 amide bonds. The van der Waals surface area contributed by atoms with Gasteiger partial charge in [0.05, 0.1) is 0 Å². The Labute approximate surface area is 118 Å². The molecule has 0 heterocycles. The van der Waals surface area contributed by atoms with E-state index in [0.717, 1.165) is 29.1 Å². The highest BCUT2D eigenvalue weighted by Gasteiger charge is 2.21. The molecule has 0 aromatic heterocycles. The van der Waals surface area contributed by atoms with Crippen LogP contribution in [0.15, 0.2) is 36.4 Å². The molecule has 98 valence electrons. The third kappa shape index (κ3) is 2.54. The van der Waals surface area contributed by atoms with E-state index in [1.807, 2.05) is 31.2 Å². The topological polar surface area (TPSA) is 32.3 Å². The van der Waals surface area contributed by atoms with Crippen molar-refractivity contribution >= 4 is 17.3 Å². The van der Waals surface area contributed by atoms with Crippen LogP contribution in [0.25, 0.3) is 0 Å². The van der Waals surface area contributed by atoms with Crippen LogP contribution in [0.2, 0.25) is 5.02 Å². The van der Waals surface area contributed by atoms with Crippen LogP contribution in [-0.2, 0) is 12.8 Å². The summed E-state index contributed by atoms with van der Waals surface area (Å²) in [6.07, 6.45) is 1.98. The summed E-state index contributed by atoms with van der Waals surface area (Å²) in [6.45, 7) is 1.90. The molecule has 19 heavy (non-hydrogen) atoms. The Bertz CT molecular complexity index is 624. The van der Waals surface area contributed by atoms with Gasteiger partial charge in [-0.25, -0.2) is 0 Å². The van der Waals surface area contributed by atoms with Crippen molar-refractivity contribution in [3.05, 3.63) is 58.1 Å². The Morgan fingerprint density at radius 3 is 2.68 bits per heavy atom. The molecule has 2 aromatic carbocycles. The zero-order valence-corrected chi connectivity index (χ0v) is 11.5. The highest BCUT2D eigenvalue weighted by Crippen LogP contribution is 2.28. The summed E-state index contributed by atoms with van der Waals surface area (Å²) in [7, 11) is 0. The van der Waals surface area contributed by atoms with Crippen LogP contribution in [-0.4, -0.2) is 11.1 Å².